The monoisotopic (exact) mass is 384 g/mol. The predicted octanol–water partition coefficient (Wildman–Crippen LogP) is 3.08. The summed E-state index contributed by atoms with van der Waals surface area (Å²) in [5, 5.41) is 21.2. The van der Waals surface area contributed by atoms with Crippen molar-refractivity contribution >= 4 is 26.7 Å². The standard InChI is InChI=1S/C18H22F2N2O3S/c1-25-15-10(19)6-11-16(14(15)20)26-17(21-11)22-8-13(24)12(23)7-18(9-22)4-2-3-5-18/h6,12-13,23-24H,2-5,7-9H2,1H3/t12-,13+/m0/s1. The molecule has 2 atom stereocenters. The Labute approximate surface area is 154 Å². The van der Waals surface area contributed by atoms with E-state index in [0.717, 1.165) is 37.0 Å². The van der Waals surface area contributed by atoms with Gasteiger partial charge in [0.05, 0.1) is 29.5 Å². The van der Waals surface area contributed by atoms with Crippen molar-refractivity contribution in [2.45, 2.75) is 44.3 Å². The maximum Gasteiger partial charge on any atom is 0.192 e. The lowest BCUT2D eigenvalue weighted by atomic mass is 9.80. The first-order chi connectivity index (χ1) is 12.4. The van der Waals surface area contributed by atoms with Gasteiger partial charge in [-0.2, -0.15) is 0 Å². The number of methoxy groups -OCH3 is 1. The molecule has 0 bridgehead atoms. The lowest BCUT2D eigenvalue weighted by Crippen LogP contribution is -2.37. The Bertz CT molecular complexity index is 822. The predicted molar refractivity (Wildman–Crippen MR) is 95.8 cm³/mol. The maximum absolute atomic E-state index is 14.5. The van der Waals surface area contributed by atoms with Crippen LogP contribution in [-0.4, -0.2) is 47.6 Å². The average molecular weight is 384 g/mol. The van der Waals surface area contributed by atoms with Gasteiger partial charge < -0.3 is 19.8 Å². The number of hydrogen-bond acceptors (Lipinski definition) is 6. The van der Waals surface area contributed by atoms with Crippen LogP contribution in [0.4, 0.5) is 13.9 Å². The van der Waals surface area contributed by atoms with Crippen molar-refractivity contribution in [3.8, 4) is 5.75 Å². The number of aliphatic hydroxyl groups is 2. The fourth-order valence-corrected chi connectivity index (χ4v) is 5.37. The zero-order chi connectivity index (χ0) is 18.5. The Morgan fingerprint density at radius 1 is 1.27 bits per heavy atom. The van der Waals surface area contributed by atoms with E-state index in [1.807, 2.05) is 4.90 Å². The number of halogens is 2. The third kappa shape index (κ3) is 2.93. The van der Waals surface area contributed by atoms with Gasteiger partial charge in [-0.3, -0.25) is 0 Å². The topological polar surface area (TPSA) is 65.8 Å². The normalized spacial score (nSPS) is 25.8. The number of aromatic nitrogens is 1. The number of ether oxygens (including phenoxy) is 1. The van der Waals surface area contributed by atoms with Crippen molar-refractivity contribution < 1.29 is 23.7 Å². The molecule has 1 saturated heterocycles. The van der Waals surface area contributed by atoms with Gasteiger partial charge >= 0.3 is 0 Å². The van der Waals surface area contributed by atoms with Crippen LogP contribution < -0.4 is 9.64 Å². The molecule has 1 aromatic carbocycles. The summed E-state index contributed by atoms with van der Waals surface area (Å²) in [7, 11) is 1.23. The number of anilines is 1. The number of rotatable bonds is 2. The highest BCUT2D eigenvalue weighted by Gasteiger charge is 2.42. The molecule has 142 valence electrons. The quantitative estimate of drug-likeness (QED) is 0.833. The van der Waals surface area contributed by atoms with Crippen LogP contribution in [0.3, 0.4) is 0 Å². The van der Waals surface area contributed by atoms with E-state index in [1.54, 1.807) is 0 Å². The third-order valence-electron chi connectivity index (χ3n) is 5.68. The summed E-state index contributed by atoms with van der Waals surface area (Å²) in [6.07, 6.45) is 3.09. The van der Waals surface area contributed by atoms with Gasteiger partial charge in [0.1, 0.15) is 0 Å². The fraction of sp³-hybridized carbons (Fsp3) is 0.611. The highest BCUT2D eigenvalue weighted by molar-refractivity contribution is 7.22. The summed E-state index contributed by atoms with van der Waals surface area (Å²) in [5.41, 5.74) is 0.177. The number of benzene rings is 1. The van der Waals surface area contributed by atoms with E-state index in [9.17, 15) is 19.0 Å². The molecule has 2 fully saturated rings. The number of fused-ring (bicyclic) bond motifs is 1. The Morgan fingerprint density at radius 2 is 2.00 bits per heavy atom. The minimum Gasteiger partial charge on any atom is -0.491 e. The highest BCUT2D eigenvalue weighted by Crippen LogP contribution is 2.46. The Hall–Kier alpha value is -1.51. The molecule has 4 rings (SSSR count). The van der Waals surface area contributed by atoms with Crippen molar-refractivity contribution in [2.75, 3.05) is 25.1 Å². The van der Waals surface area contributed by atoms with E-state index in [1.165, 1.54) is 13.2 Å². The third-order valence-corrected chi connectivity index (χ3v) is 6.80. The minimum atomic E-state index is -0.891. The summed E-state index contributed by atoms with van der Waals surface area (Å²) < 4.78 is 33.5. The smallest absolute Gasteiger partial charge is 0.192 e. The number of hydrogen-bond donors (Lipinski definition) is 2. The van der Waals surface area contributed by atoms with Crippen LogP contribution in [0.15, 0.2) is 6.07 Å². The van der Waals surface area contributed by atoms with Crippen LogP contribution in [0.2, 0.25) is 0 Å². The minimum absolute atomic E-state index is 0.0593. The maximum atomic E-state index is 14.5. The Morgan fingerprint density at radius 3 is 2.69 bits per heavy atom. The molecule has 2 aliphatic rings. The first kappa shape index (κ1) is 17.9. The van der Waals surface area contributed by atoms with E-state index >= 15 is 0 Å². The van der Waals surface area contributed by atoms with Crippen LogP contribution >= 0.6 is 11.3 Å². The Balaban J connectivity index is 1.74. The Kier molecular flexibility index (Phi) is 4.53. The van der Waals surface area contributed by atoms with E-state index < -0.39 is 29.6 Å². The van der Waals surface area contributed by atoms with Gasteiger partial charge in [0.15, 0.2) is 22.5 Å². The fourth-order valence-electron chi connectivity index (χ4n) is 4.39. The molecule has 1 aliphatic carbocycles. The van der Waals surface area contributed by atoms with Crippen molar-refractivity contribution in [3.05, 3.63) is 17.7 Å². The van der Waals surface area contributed by atoms with Gasteiger partial charge in [-0.15, -0.1) is 0 Å². The van der Waals surface area contributed by atoms with Gasteiger partial charge in [0, 0.05) is 19.2 Å². The average Bonchev–Trinajstić information content (AvgIpc) is 3.19. The van der Waals surface area contributed by atoms with Crippen molar-refractivity contribution in [2.24, 2.45) is 5.41 Å². The highest BCUT2D eigenvalue weighted by atomic mass is 32.1. The molecule has 0 amide bonds. The van der Waals surface area contributed by atoms with E-state index in [2.05, 4.69) is 4.98 Å². The van der Waals surface area contributed by atoms with Crippen LogP contribution in [0.1, 0.15) is 32.1 Å². The zero-order valence-electron chi connectivity index (χ0n) is 14.5. The zero-order valence-corrected chi connectivity index (χ0v) is 15.4. The van der Waals surface area contributed by atoms with Gasteiger partial charge in [0.2, 0.25) is 0 Å². The van der Waals surface area contributed by atoms with E-state index in [-0.39, 0.29) is 22.2 Å². The summed E-state index contributed by atoms with van der Waals surface area (Å²) in [6, 6.07) is 1.17. The largest absolute Gasteiger partial charge is 0.491 e. The van der Waals surface area contributed by atoms with Crippen molar-refractivity contribution in [1.29, 1.82) is 0 Å². The molecule has 2 heterocycles. The molecule has 5 nitrogen and oxygen atoms in total. The summed E-state index contributed by atoms with van der Waals surface area (Å²) in [5.74, 6) is -1.95. The molecule has 26 heavy (non-hydrogen) atoms. The molecular formula is C18H22F2N2O3S. The summed E-state index contributed by atoms with van der Waals surface area (Å²) >= 11 is 1.12. The molecule has 2 aromatic rings. The summed E-state index contributed by atoms with van der Waals surface area (Å²) in [4.78, 5) is 6.32. The molecule has 0 unspecified atom stereocenters. The van der Waals surface area contributed by atoms with Gasteiger partial charge in [-0.25, -0.2) is 13.8 Å². The molecule has 1 aromatic heterocycles. The van der Waals surface area contributed by atoms with Crippen LogP contribution in [0.5, 0.6) is 5.75 Å². The molecule has 2 N–H and O–H groups in total. The molecule has 1 spiro atoms. The lowest BCUT2D eigenvalue weighted by molar-refractivity contribution is 0.00690. The summed E-state index contributed by atoms with van der Waals surface area (Å²) in [6.45, 7) is 0.881. The number of β-amino-alcohol motifs (C(OH)–C–C–N with tert-alkyl or cyclic N) is 1. The SMILES string of the molecule is COc1c(F)cc2nc(N3C[C@@H](O)[C@@H](O)CC4(CCCC4)C3)sc2c1F. The van der Waals surface area contributed by atoms with Gasteiger partial charge in [-0.1, -0.05) is 24.2 Å². The van der Waals surface area contributed by atoms with Crippen molar-refractivity contribution in [1.82, 2.24) is 4.98 Å². The van der Waals surface area contributed by atoms with Crippen LogP contribution in [0, 0.1) is 17.0 Å². The molecule has 1 aliphatic heterocycles. The number of thiazole rings is 1. The van der Waals surface area contributed by atoms with Gasteiger partial charge in [0.25, 0.3) is 0 Å². The molecule has 0 radical (unpaired) electrons. The van der Waals surface area contributed by atoms with E-state index in [4.69, 9.17) is 4.74 Å². The second kappa shape index (κ2) is 6.58. The van der Waals surface area contributed by atoms with Crippen LogP contribution in [-0.2, 0) is 0 Å². The first-order valence-electron chi connectivity index (χ1n) is 8.86. The van der Waals surface area contributed by atoms with E-state index in [0.29, 0.717) is 18.1 Å². The van der Waals surface area contributed by atoms with Gasteiger partial charge in [-0.05, 0) is 24.7 Å². The molecule has 8 heteroatoms. The van der Waals surface area contributed by atoms with Crippen LogP contribution in [0.25, 0.3) is 10.2 Å². The molecule has 1 saturated carbocycles. The number of aliphatic hydroxyl groups excluding tert-OH is 2. The first-order valence-corrected chi connectivity index (χ1v) is 9.68. The second-order valence-corrected chi connectivity index (χ2v) is 8.45. The molecular weight excluding hydrogens is 362 g/mol. The number of nitrogens with zero attached hydrogens (tertiary/aromatic N) is 2. The second-order valence-electron chi connectivity index (χ2n) is 7.48. The lowest BCUT2D eigenvalue weighted by Gasteiger charge is -2.32. The van der Waals surface area contributed by atoms with Crippen molar-refractivity contribution in [3.63, 3.8) is 0 Å².